The molecule has 0 saturated heterocycles. The Kier molecular flexibility index (Phi) is 2.42. The minimum atomic E-state index is -3.83. The lowest BCUT2D eigenvalue weighted by atomic mass is 10.1. The van der Waals surface area contributed by atoms with Crippen LogP contribution in [0.25, 0.3) is 0 Å². The van der Waals surface area contributed by atoms with Gasteiger partial charge in [0.25, 0.3) is 5.78 Å². The molecule has 0 aromatic carbocycles. The van der Waals surface area contributed by atoms with E-state index in [0.717, 1.165) is 0 Å². The van der Waals surface area contributed by atoms with E-state index in [4.69, 9.17) is 11.6 Å². The lowest BCUT2D eigenvalue weighted by Gasteiger charge is -2.18. The van der Waals surface area contributed by atoms with Crippen molar-refractivity contribution in [1.29, 1.82) is 0 Å². The van der Waals surface area contributed by atoms with Gasteiger partial charge in [0.05, 0.1) is 0 Å². The second-order valence-electron chi connectivity index (χ2n) is 2.16. The van der Waals surface area contributed by atoms with Crippen molar-refractivity contribution in [2.75, 3.05) is 0 Å². The first-order valence-corrected chi connectivity index (χ1v) is 3.59. The van der Waals surface area contributed by atoms with Gasteiger partial charge in [0.1, 0.15) is 5.03 Å². The van der Waals surface area contributed by atoms with Crippen LogP contribution in [0.2, 0.25) is 0 Å². The van der Waals surface area contributed by atoms with Crippen LogP contribution in [0, 0.1) is 0 Å². The quantitative estimate of drug-likeness (QED) is 0.465. The summed E-state index contributed by atoms with van der Waals surface area (Å²) in [6.07, 6.45) is 0. The maximum atomic E-state index is 12.7. The van der Waals surface area contributed by atoms with Crippen LogP contribution in [-0.4, -0.2) is 10.9 Å². The third-order valence-corrected chi connectivity index (χ3v) is 2.01. The summed E-state index contributed by atoms with van der Waals surface area (Å²) in [6.45, 7) is 0. The topological polar surface area (TPSA) is 17.1 Å². The normalized spacial score (nSPS) is 30.2. The van der Waals surface area contributed by atoms with Crippen LogP contribution in [0.3, 0.4) is 0 Å². The van der Waals surface area contributed by atoms with Gasteiger partial charge in [-0.1, -0.05) is 23.2 Å². The average molecular weight is 235 g/mol. The zero-order valence-electron chi connectivity index (χ0n) is 5.68. The summed E-state index contributed by atoms with van der Waals surface area (Å²) in [5, 5.41) is -5.23. The first kappa shape index (κ1) is 10.5. The average Bonchev–Trinajstić information content (AvgIpc) is 2.09. The summed E-state index contributed by atoms with van der Waals surface area (Å²) in [5.41, 5.74) is 0. The van der Waals surface area contributed by atoms with Crippen LogP contribution in [0.4, 0.5) is 17.6 Å². The highest BCUT2D eigenvalue weighted by Gasteiger charge is 2.50. The van der Waals surface area contributed by atoms with Crippen LogP contribution < -0.4 is 0 Å². The Morgan fingerprint density at radius 2 is 1.62 bits per heavy atom. The number of ketones is 1. The molecule has 72 valence electrons. The summed E-state index contributed by atoms with van der Waals surface area (Å²) >= 11 is 9.43. The SMILES string of the molecule is O=C1C(F)=C(Cl)C(F)=C(F)C1(F)Cl. The van der Waals surface area contributed by atoms with Gasteiger partial charge in [0.15, 0.2) is 17.5 Å². The van der Waals surface area contributed by atoms with Crippen LogP contribution in [0.5, 0.6) is 0 Å². The summed E-state index contributed by atoms with van der Waals surface area (Å²) < 4.78 is 50.3. The Labute approximate surface area is 79.6 Å². The number of alkyl halides is 2. The second kappa shape index (κ2) is 2.99. The van der Waals surface area contributed by atoms with E-state index in [0.29, 0.717) is 0 Å². The molecule has 0 heterocycles. The first-order chi connectivity index (χ1) is 5.80. The van der Waals surface area contributed by atoms with E-state index in [9.17, 15) is 22.4 Å². The molecule has 0 N–H and O–H groups in total. The standard InChI is InChI=1S/C6Cl2F4O/c7-1-2(9)4(11)6(8,12)5(13)3(1)10. The van der Waals surface area contributed by atoms with Gasteiger partial charge in [-0.3, -0.25) is 4.79 Å². The molecule has 1 nitrogen and oxygen atoms in total. The zero-order valence-corrected chi connectivity index (χ0v) is 7.19. The Hall–Kier alpha value is -0.550. The molecule has 0 saturated carbocycles. The number of halogens is 6. The summed E-state index contributed by atoms with van der Waals surface area (Å²) in [4.78, 5) is 10.5. The molecule has 0 amide bonds. The fourth-order valence-electron chi connectivity index (χ4n) is 0.668. The number of hydrogen-bond acceptors (Lipinski definition) is 1. The minimum absolute atomic E-state index is 1.41. The molecule has 0 aromatic rings. The Bertz CT molecular complexity index is 345. The molecule has 13 heavy (non-hydrogen) atoms. The maximum Gasteiger partial charge on any atom is 0.302 e. The third kappa shape index (κ3) is 1.36. The predicted octanol–water partition coefficient (Wildman–Crippen LogP) is 3.04. The van der Waals surface area contributed by atoms with Crippen molar-refractivity contribution in [3.05, 3.63) is 22.5 Å². The predicted molar refractivity (Wildman–Crippen MR) is 37.9 cm³/mol. The molecule has 0 bridgehead atoms. The maximum absolute atomic E-state index is 12.7. The molecule has 0 radical (unpaired) electrons. The highest BCUT2D eigenvalue weighted by molar-refractivity contribution is 6.42. The number of allylic oxidation sites excluding steroid dienone is 4. The van der Waals surface area contributed by atoms with E-state index in [-0.39, 0.29) is 0 Å². The molecular weight excluding hydrogens is 235 g/mol. The number of carbonyl (C=O) groups is 1. The molecule has 1 aliphatic carbocycles. The van der Waals surface area contributed by atoms with Crippen molar-refractivity contribution in [2.45, 2.75) is 5.13 Å². The zero-order chi connectivity index (χ0) is 10.4. The molecule has 0 aliphatic heterocycles. The van der Waals surface area contributed by atoms with Gasteiger partial charge in [0.2, 0.25) is 0 Å². The second-order valence-corrected chi connectivity index (χ2v) is 3.06. The van der Waals surface area contributed by atoms with Gasteiger partial charge < -0.3 is 0 Å². The van der Waals surface area contributed by atoms with E-state index in [1.54, 1.807) is 0 Å². The summed E-state index contributed by atoms with van der Waals surface area (Å²) in [6, 6.07) is 0. The van der Waals surface area contributed by atoms with Crippen LogP contribution in [-0.2, 0) is 4.79 Å². The largest absolute Gasteiger partial charge is 0.302 e. The fourth-order valence-corrected chi connectivity index (χ4v) is 1.00. The van der Waals surface area contributed by atoms with E-state index < -0.39 is 33.4 Å². The molecule has 1 atom stereocenters. The Morgan fingerprint density at radius 1 is 1.15 bits per heavy atom. The third-order valence-electron chi connectivity index (χ3n) is 1.34. The molecule has 1 rings (SSSR count). The Balaban J connectivity index is 3.41. The van der Waals surface area contributed by atoms with Gasteiger partial charge in [0, 0.05) is 0 Å². The minimum Gasteiger partial charge on any atom is -0.286 e. The van der Waals surface area contributed by atoms with Crippen molar-refractivity contribution in [3.8, 4) is 0 Å². The van der Waals surface area contributed by atoms with Gasteiger partial charge >= 0.3 is 5.13 Å². The highest BCUT2D eigenvalue weighted by atomic mass is 35.5. The molecule has 7 heteroatoms. The lowest BCUT2D eigenvalue weighted by molar-refractivity contribution is -0.123. The Morgan fingerprint density at radius 3 is 2.08 bits per heavy atom. The van der Waals surface area contributed by atoms with E-state index in [1.807, 2.05) is 0 Å². The molecule has 1 unspecified atom stereocenters. The molecule has 0 fully saturated rings. The van der Waals surface area contributed by atoms with Gasteiger partial charge in [-0.2, -0.15) is 0 Å². The molecular formula is C6Cl2F4O. The van der Waals surface area contributed by atoms with Crippen LogP contribution >= 0.6 is 23.2 Å². The monoisotopic (exact) mass is 234 g/mol. The van der Waals surface area contributed by atoms with E-state index in [2.05, 4.69) is 11.6 Å². The van der Waals surface area contributed by atoms with Gasteiger partial charge in [-0.15, -0.1) is 0 Å². The van der Waals surface area contributed by atoms with E-state index >= 15 is 0 Å². The fraction of sp³-hybridized carbons (Fsp3) is 0.167. The summed E-state index contributed by atoms with van der Waals surface area (Å²) in [5.74, 6) is -8.21. The van der Waals surface area contributed by atoms with Crippen molar-refractivity contribution in [2.24, 2.45) is 0 Å². The van der Waals surface area contributed by atoms with Crippen LogP contribution in [0.15, 0.2) is 22.5 Å². The first-order valence-electron chi connectivity index (χ1n) is 2.84. The van der Waals surface area contributed by atoms with Gasteiger partial charge in [-0.05, 0) is 0 Å². The molecule has 1 aliphatic rings. The number of carbonyl (C=O) groups excluding carboxylic acids is 1. The van der Waals surface area contributed by atoms with Crippen molar-refractivity contribution in [1.82, 2.24) is 0 Å². The van der Waals surface area contributed by atoms with E-state index in [1.165, 1.54) is 0 Å². The van der Waals surface area contributed by atoms with Gasteiger partial charge in [-0.25, -0.2) is 17.6 Å². The molecule has 0 spiro atoms. The van der Waals surface area contributed by atoms with Crippen molar-refractivity contribution < 1.29 is 22.4 Å². The smallest absolute Gasteiger partial charge is 0.286 e. The van der Waals surface area contributed by atoms with Crippen molar-refractivity contribution >= 4 is 29.0 Å². The number of hydrogen-bond donors (Lipinski definition) is 0. The highest BCUT2D eigenvalue weighted by Crippen LogP contribution is 2.43. The summed E-state index contributed by atoms with van der Waals surface area (Å²) in [7, 11) is 0. The van der Waals surface area contributed by atoms with Crippen molar-refractivity contribution in [3.63, 3.8) is 0 Å². The number of rotatable bonds is 0. The van der Waals surface area contributed by atoms with Crippen LogP contribution in [0.1, 0.15) is 0 Å². The lowest BCUT2D eigenvalue weighted by Crippen LogP contribution is -2.32. The number of Topliss-reactive ketones (excluding diaryl/α,β-unsaturated/α-hetero) is 1. The molecule has 0 aromatic heterocycles.